The molecule has 0 spiro atoms. The lowest BCUT2D eigenvalue weighted by molar-refractivity contribution is 0.284. The van der Waals surface area contributed by atoms with Crippen molar-refractivity contribution in [2.45, 2.75) is 106 Å². The lowest BCUT2D eigenvalue weighted by Crippen LogP contribution is -2.25. The number of phenols is 1. The molecule has 1 aromatic heterocycles. The van der Waals surface area contributed by atoms with Crippen molar-refractivity contribution < 1.29 is 5.11 Å². The van der Waals surface area contributed by atoms with E-state index >= 15 is 0 Å². The van der Waals surface area contributed by atoms with Crippen molar-refractivity contribution in [3.8, 4) is 22.6 Å². The van der Waals surface area contributed by atoms with E-state index in [9.17, 15) is 5.11 Å². The summed E-state index contributed by atoms with van der Waals surface area (Å²) in [6, 6.07) is 26.7. The normalized spacial score (nSPS) is 13.3. The summed E-state index contributed by atoms with van der Waals surface area (Å²) in [5.41, 5.74) is 10.1. The quantitative estimate of drug-likeness (QED) is 0.227. The van der Waals surface area contributed by atoms with Crippen LogP contribution in [-0.2, 0) is 16.2 Å². The fourth-order valence-corrected chi connectivity index (χ4v) is 6.86. The van der Waals surface area contributed by atoms with Gasteiger partial charge in [-0.25, -0.2) is 0 Å². The van der Waals surface area contributed by atoms with Crippen LogP contribution in [0, 0.1) is 12.3 Å². The standard InChI is InChI=1S/C41H51NO/c1-26-14-13-15-27(20-26)31-23-30(41(11,12)25-38(2,3)4)24-36(37(31)43)42-34-18-16-28(39(5,6)7)21-32(34)33-22-29(40(8,9)10)17-19-35(33)42/h13-24,43H,25H2,1-12H3. The van der Waals surface area contributed by atoms with Crippen molar-refractivity contribution >= 4 is 21.8 Å². The van der Waals surface area contributed by atoms with Gasteiger partial charge in [0.05, 0.1) is 16.7 Å². The maximum absolute atomic E-state index is 12.2. The molecular weight excluding hydrogens is 522 g/mol. The highest BCUT2D eigenvalue weighted by Gasteiger charge is 2.30. The van der Waals surface area contributed by atoms with Crippen molar-refractivity contribution in [2.24, 2.45) is 5.41 Å². The number of aryl methyl sites for hydroxylation is 1. The van der Waals surface area contributed by atoms with Gasteiger partial charge in [-0.15, -0.1) is 0 Å². The molecule has 0 saturated carbocycles. The third kappa shape index (κ3) is 5.99. The molecular formula is C41H51NO. The molecule has 0 fully saturated rings. The van der Waals surface area contributed by atoms with E-state index in [4.69, 9.17) is 0 Å². The Morgan fingerprint density at radius 3 is 1.60 bits per heavy atom. The third-order valence-corrected chi connectivity index (χ3v) is 8.91. The van der Waals surface area contributed by atoms with Crippen molar-refractivity contribution in [3.63, 3.8) is 0 Å². The van der Waals surface area contributed by atoms with E-state index in [0.29, 0.717) is 5.75 Å². The molecule has 5 aromatic rings. The average Bonchev–Trinajstić information content (AvgIpc) is 3.19. The first-order valence-electron chi connectivity index (χ1n) is 15.8. The number of nitrogens with zero attached hydrogens (tertiary/aromatic N) is 1. The summed E-state index contributed by atoms with van der Waals surface area (Å²) < 4.78 is 2.30. The van der Waals surface area contributed by atoms with Crippen LogP contribution in [0.5, 0.6) is 5.75 Å². The molecule has 2 nitrogen and oxygen atoms in total. The lowest BCUT2D eigenvalue weighted by Gasteiger charge is -2.34. The molecule has 5 rings (SSSR count). The summed E-state index contributed by atoms with van der Waals surface area (Å²) >= 11 is 0. The number of hydrogen-bond acceptors (Lipinski definition) is 1. The molecule has 43 heavy (non-hydrogen) atoms. The van der Waals surface area contributed by atoms with E-state index in [1.807, 2.05) is 0 Å². The molecule has 226 valence electrons. The van der Waals surface area contributed by atoms with E-state index in [2.05, 4.69) is 160 Å². The average molecular weight is 574 g/mol. The number of phenolic OH excluding ortho intramolecular Hbond substituents is 1. The highest BCUT2D eigenvalue weighted by molar-refractivity contribution is 6.10. The van der Waals surface area contributed by atoms with Gasteiger partial charge in [0.25, 0.3) is 0 Å². The molecule has 1 N–H and O–H groups in total. The third-order valence-electron chi connectivity index (χ3n) is 8.91. The van der Waals surface area contributed by atoms with Gasteiger partial charge in [0.15, 0.2) is 0 Å². The summed E-state index contributed by atoms with van der Waals surface area (Å²) in [6.07, 6.45) is 1.02. The smallest absolute Gasteiger partial charge is 0.147 e. The Hall–Kier alpha value is -3.52. The Morgan fingerprint density at radius 2 is 1.14 bits per heavy atom. The molecule has 0 aliphatic rings. The summed E-state index contributed by atoms with van der Waals surface area (Å²) in [4.78, 5) is 0. The van der Waals surface area contributed by atoms with Crippen LogP contribution in [0.1, 0.15) is 105 Å². The highest BCUT2D eigenvalue weighted by Crippen LogP contribution is 2.46. The molecule has 0 atom stereocenters. The van der Waals surface area contributed by atoms with Gasteiger partial charge in [0, 0.05) is 16.3 Å². The van der Waals surface area contributed by atoms with Crippen LogP contribution in [0.4, 0.5) is 0 Å². The minimum Gasteiger partial charge on any atom is -0.505 e. The van der Waals surface area contributed by atoms with Crippen LogP contribution in [0.3, 0.4) is 0 Å². The zero-order valence-electron chi connectivity index (χ0n) is 28.5. The zero-order chi connectivity index (χ0) is 31.7. The number of benzene rings is 4. The van der Waals surface area contributed by atoms with Gasteiger partial charge >= 0.3 is 0 Å². The van der Waals surface area contributed by atoms with Crippen molar-refractivity contribution in [1.29, 1.82) is 0 Å². The molecule has 2 heteroatoms. The Labute approximate surface area is 259 Å². The number of hydrogen-bond donors (Lipinski definition) is 1. The van der Waals surface area contributed by atoms with Crippen LogP contribution in [0.25, 0.3) is 38.6 Å². The molecule has 0 aliphatic heterocycles. The second-order valence-electron chi connectivity index (χ2n) is 16.7. The van der Waals surface area contributed by atoms with Crippen molar-refractivity contribution in [3.05, 3.63) is 95.1 Å². The Bertz CT molecular complexity index is 1760. The van der Waals surface area contributed by atoms with E-state index < -0.39 is 0 Å². The Balaban J connectivity index is 1.91. The van der Waals surface area contributed by atoms with Gasteiger partial charge in [0.1, 0.15) is 5.75 Å². The maximum Gasteiger partial charge on any atom is 0.147 e. The van der Waals surface area contributed by atoms with Gasteiger partial charge in [-0.05, 0) is 93.7 Å². The largest absolute Gasteiger partial charge is 0.505 e. The molecule has 0 unspecified atom stereocenters. The lowest BCUT2D eigenvalue weighted by atomic mass is 9.71. The molecule has 4 aromatic carbocycles. The number of rotatable bonds is 4. The van der Waals surface area contributed by atoms with Gasteiger partial charge in [-0.3, -0.25) is 0 Å². The fourth-order valence-electron chi connectivity index (χ4n) is 6.86. The van der Waals surface area contributed by atoms with E-state index in [1.165, 1.54) is 33.0 Å². The molecule has 0 radical (unpaired) electrons. The predicted molar refractivity (Wildman–Crippen MR) is 187 cm³/mol. The molecule has 0 aliphatic carbocycles. The van der Waals surface area contributed by atoms with Crippen LogP contribution in [0.2, 0.25) is 0 Å². The first-order chi connectivity index (χ1) is 19.8. The maximum atomic E-state index is 12.2. The van der Waals surface area contributed by atoms with Crippen LogP contribution in [-0.4, -0.2) is 9.67 Å². The van der Waals surface area contributed by atoms with Gasteiger partial charge in [-0.1, -0.05) is 118 Å². The Kier molecular flexibility index (Phi) is 7.40. The second-order valence-corrected chi connectivity index (χ2v) is 16.7. The minimum absolute atomic E-state index is 0.0294. The van der Waals surface area contributed by atoms with Crippen LogP contribution in [0.15, 0.2) is 72.8 Å². The molecule has 0 bridgehead atoms. The monoisotopic (exact) mass is 573 g/mol. The molecule has 1 heterocycles. The van der Waals surface area contributed by atoms with Crippen molar-refractivity contribution in [2.75, 3.05) is 0 Å². The Morgan fingerprint density at radius 1 is 0.605 bits per heavy atom. The fraction of sp³-hybridized carbons (Fsp3) is 0.415. The van der Waals surface area contributed by atoms with Gasteiger partial charge in [0.2, 0.25) is 0 Å². The summed E-state index contributed by atoms with van der Waals surface area (Å²) in [5, 5.41) is 14.6. The SMILES string of the molecule is Cc1cccc(-c2cc(C(C)(C)CC(C)(C)C)cc(-n3c4ccc(C(C)(C)C)cc4c4cc(C(C)(C)C)ccc43)c2O)c1. The highest BCUT2D eigenvalue weighted by atomic mass is 16.3. The minimum atomic E-state index is -0.100. The number of aromatic hydroxyl groups is 1. The zero-order valence-corrected chi connectivity index (χ0v) is 28.5. The number of aromatic nitrogens is 1. The van der Waals surface area contributed by atoms with E-state index in [0.717, 1.165) is 34.3 Å². The van der Waals surface area contributed by atoms with Gasteiger partial charge < -0.3 is 9.67 Å². The van der Waals surface area contributed by atoms with Crippen LogP contribution < -0.4 is 0 Å². The molecule has 0 saturated heterocycles. The summed E-state index contributed by atoms with van der Waals surface area (Å²) in [5.74, 6) is 0.319. The molecule has 0 amide bonds. The first-order valence-corrected chi connectivity index (χ1v) is 15.8. The first kappa shape index (κ1) is 30.9. The summed E-state index contributed by atoms with van der Waals surface area (Å²) in [6.45, 7) is 27.4. The van der Waals surface area contributed by atoms with Crippen molar-refractivity contribution in [1.82, 2.24) is 4.57 Å². The van der Waals surface area contributed by atoms with Gasteiger partial charge in [-0.2, -0.15) is 0 Å². The van der Waals surface area contributed by atoms with E-state index in [-0.39, 0.29) is 21.7 Å². The van der Waals surface area contributed by atoms with E-state index in [1.54, 1.807) is 0 Å². The van der Waals surface area contributed by atoms with Crippen LogP contribution >= 0.6 is 0 Å². The predicted octanol–water partition coefficient (Wildman–Crippen LogP) is 11.8. The summed E-state index contributed by atoms with van der Waals surface area (Å²) in [7, 11) is 0. The second kappa shape index (κ2) is 10.3. The number of fused-ring (bicyclic) bond motifs is 3. The topological polar surface area (TPSA) is 25.2 Å².